The van der Waals surface area contributed by atoms with Gasteiger partial charge in [-0.05, 0) is 0 Å². The summed E-state index contributed by atoms with van der Waals surface area (Å²) in [6.45, 7) is -1.21. The van der Waals surface area contributed by atoms with Crippen molar-refractivity contribution < 1.29 is 17.4 Å². The lowest BCUT2D eigenvalue weighted by Crippen LogP contribution is -2.19. The number of halogens is 3. The second kappa shape index (κ2) is 3.44. The van der Waals surface area contributed by atoms with E-state index in [0.29, 0.717) is 0 Å². The van der Waals surface area contributed by atoms with Gasteiger partial charge in [0.1, 0.15) is 12.9 Å². The fourth-order valence-corrected chi connectivity index (χ4v) is 1.37. The van der Waals surface area contributed by atoms with Gasteiger partial charge in [0.05, 0.1) is 10.8 Å². The van der Waals surface area contributed by atoms with E-state index in [1.807, 2.05) is 0 Å². The van der Waals surface area contributed by atoms with Gasteiger partial charge >= 0.3 is 6.18 Å². The predicted octanol–water partition coefficient (Wildman–Crippen LogP) is 0.578. The Morgan fingerprint density at radius 2 is 2.23 bits per heavy atom. The second-order valence-corrected chi connectivity index (χ2v) is 3.58. The number of hydrogen-bond acceptors (Lipinski definition) is 3. The average Bonchev–Trinajstić information content (AvgIpc) is 2.31. The zero-order valence-electron chi connectivity index (χ0n) is 6.58. The predicted molar refractivity (Wildman–Crippen MR) is 38.4 cm³/mol. The molecule has 1 atom stereocenters. The molecule has 0 aliphatic carbocycles. The number of rotatable bonds is 2. The van der Waals surface area contributed by atoms with Crippen LogP contribution in [0.3, 0.4) is 0 Å². The molecule has 13 heavy (non-hydrogen) atoms. The highest BCUT2D eigenvalue weighted by atomic mass is 32.2. The van der Waals surface area contributed by atoms with Gasteiger partial charge in [-0.3, -0.25) is 8.78 Å². The average molecular weight is 213 g/mol. The van der Waals surface area contributed by atoms with Crippen molar-refractivity contribution >= 4 is 10.8 Å². The first-order valence-corrected chi connectivity index (χ1v) is 4.74. The third kappa shape index (κ3) is 2.79. The van der Waals surface area contributed by atoms with E-state index in [-0.39, 0.29) is 5.16 Å². The summed E-state index contributed by atoms with van der Waals surface area (Å²) in [5.74, 6) is 0. The van der Waals surface area contributed by atoms with E-state index in [2.05, 4.69) is 10.2 Å². The van der Waals surface area contributed by atoms with Crippen LogP contribution in [0.2, 0.25) is 0 Å². The van der Waals surface area contributed by atoms with Crippen LogP contribution in [-0.4, -0.2) is 31.4 Å². The largest absolute Gasteiger partial charge is 0.406 e. The maximum atomic E-state index is 11.9. The van der Waals surface area contributed by atoms with E-state index >= 15 is 0 Å². The Morgan fingerprint density at radius 1 is 1.62 bits per heavy atom. The zero-order valence-corrected chi connectivity index (χ0v) is 7.39. The second-order valence-electron chi connectivity index (χ2n) is 2.31. The first-order chi connectivity index (χ1) is 5.90. The van der Waals surface area contributed by atoms with E-state index in [9.17, 15) is 17.4 Å². The monoisotopic (exact) mass is 213 g/mol. The summed E-state index contributed by atoms with van der Waals surface area (Å²) in [4.78, 5) is 0. The smallest absolute Gasteiger partial charge is 0.297 e. The molecule has 0 N–H and O–H groups in total. The lowest BCUT2D eigenvalue weighted by Gasteiger charge is -2.07. The van der Waals surface area contributed by atoms with Crippen LogP contribution in [0, 0.1) is 0 Å². The Balaban J connectivity index is 2.89. The van der Waals surface area contributed by atoms with Crippen LogP contribution in [0.4, 0.5) is 13.2 Å². The minimum atomic E-state index is -4.35. The third-order valence-corrected chi connectivity index (χ3v) is 2.02. The summed E-state index contributed by atoms with van der Waals surface area (Å²) in [6.07, 6.45) is -2.20. The molecule has 1 heterocycles. The van der Waals surface area contributed by atoms with Gasteiger partial charge in [0, 0.05) is 6.26 Å². The van der Waals surface area contributed by atoms with Gasteiger partial charge in [-0.1, -0.05) is 0 Å². The van der Waals surface area contributed by atoms with Crippen LogP contribution >= 0.6 is 0 Å². The molecule has 0 bridgehead atoms. The molecule has 74 valence electrons. The molecule has 1 rings (SSSR count). The summed E-state index contributed by atoms with van der Waals surface area (Å²) in [5.41, 5.74) is 0. The fourth-order valence-electron chi connectivity index (χ4n) is 0.769. The molecule has 0 aliphatic heterocycles. The Kier molecular flexibility index (Phi) is 2.69. The number of alkyl halides is 3. The highest BCUT2D eigenvalue weighted by Crippen LogP contribution is 2.18. The summed E-state index contributed by atoms with van der Waals surface area (Å²) in [5, 5.41) is 6.39. The first kappa shape index (κ1) is 10.2. The molecule has 0 radical (unpaired) electrons. The number of aromatic nitrogens is 3. The number of hydrogen-bond donors (Lipinski definition) is 0. The van der Waals surface area contributed by atoms with E-state index in [1.165, 1.54) is 6.26 Å². The molecule has 1 unspecified atom stereocenters. The minimum Gasteiger partial charge on any atom is -0.297 e. The van der Waals surface area contributed by atoms with Crippen molar-refractivity contribution in [3.63, 3.8) is 0 Å². The molecular formula is C5H6F3N3OS. The summed E-state index contributed by atoms with van der Waals surface area (Å²) in [7, 11) is -1.55. The highest BCUT2D eigenvalue weighted by Gasteiger charge is 2.29. The lowest BCUT2D eigenvalue weighted by atomic mass is 10.6. The molecule has 0 amide bonds. The summed E-state index contributed by atoms with van der Waals surface area (Å²) >= 11 is 0. The van der Waals surface area contributed by atoms with E-state index < -0.39 is 23.5 Å². The van der Waals surface area contributed by atoms with Crippen LogP contribution < -0.4 is 0 Å². The highest BCUT2D eigenvalue weighted by molar-refractivity contribution is 7.84. The topological polar surface area (TPSA) is 47.8 Å². The molecule has 0 saturated carbocycles. The van der Waals surface area contributed by atoms with Crippen molar-refractivity contribution in [3.05, 3.63) is 6.33 Å². The van der Waals surface area contributed by atoms with Crippen LogP contribution in [0.1, 0.15) is 0 Å². The van der Waals surface area contributed by atoms with Gasteiger partial charge in [0.2, 0.25) is 5.16 Å². The first-order valence-electron chi connectivity index (χ1n) is 3.18. The molecule has 0 aliphatic rings. The molecule has 0 saturated heterocycles. The fraction of sp³-hybridized carbons (Fsp3) is 0.600. The Hall–Kier alpha value is -0.920. The van der Waals surface area contributed by atoms with Crippen LogP contribution in [-0.2, 0) is 17.3 Å². The lowest BCUT2D eigenvalue weighted by molar-refractivity contribution is -0.142. The zero-order chi connectivity index (χ0) is 10.1. The van der Waals surface area contributed by atoms with Gasteiger partial charge in [-0.2, -0.15) is 13.2 Å². The van der Waals surface area contributed by atoms with Gasteiger partial charge in [-0.25, -0.2) is 0 Å². The SMILES string of the molecule is CS(=O)c1nncn1CC(F)(F)F. The molecule has 0 aromatic carbocycles. The van der Waals surface area contributed by atoms with Gasteiger partial charge in [0.15, 0.2) is 0 Å². The van der Waals surface area contributed by atoms with Crippen LogP contribution in [0.5, 0.6) is 0 Å². The normalized spacial score (nSPS) is 14.5. The van der Waals surface area contributed by atoms with Crippen molar-refractivity contribution in [1.29, 1.82) is 0 Å². The third-order valence-electron chi connectivity index (χ3n) is 1.19. The van der Waals surface area contributed by atoms with Gasteiger partial charge in [-0.15, -0.1) is 10.2 Å². The molecule has 8 heteroatoms. The Morgan fingerprint density at radius 3 is 2.69 bits per heavy atom. The van der Waals surface area contributed by atoms with E-state index in [4.69, 9.17) is 0 Å². The number of nitrogens with zero attached hydrogens (tertiary/aromatic N) is 3. The van der Waals surface area contributed by atoms with E-state index in [1.54, 1.807) is 0 Å². The van der Waals surface area contributed by atoms with E-state index in [0.717, 1.165) is 10.9 Å². The Labute approximate surface area is 74.2 Å². The molecule has 0 fully saturated rings. The van der Waals surface area contributed by atoms with Gasteiger partial charge in [0.25, 0.3) is 0 Å². The summed E-state index contributed by atoms with van der Waals surface area (Å²) < 4.78 is 47.2. The standard InChI is InChI=1S/C5H6F3N3OS/c1-13(12)4-10-9-3-11(4)2-5(6,7)8/h3H,2H2,1H3. The van der Waals surface area contributed by atoms with Crippen LogP contribution in [0.15, 0.2) is 11.5 Å². The quantitative estimate of drug-likeness (QED) is 0.721. The molecule has 4 nitrogen and oxygen atoms in total. The van der Waals surface area contributed by atoms with Crippen molar-refractivity contribution in [2.45, 2.75) is 17.9 Å². The maximum absolute atomic E-state index is 11.9. The van der Waals surface area contributed by atoms with Crippen LogP contribution in [0.25, 0.3) is 0 Å². The molecule has 1 aromatic rings. The van der Waals surface area contributed by atoms with Crippen molar-refractivity contribution in [2.24, 2.45) is 0 Å². The van der Waals surface area contributed by atoms with Gasteiger partial charge < -0.3 is 0 Å². The maximum Gasteiger partial charge on any atom is 0.406 e. The summed E-state index contributed by atoms with van der Waals surface area (Å²) in [6, 6.07) is 0. The minimum absolute atomic E-state index is 0.169. The Bertz CT molecular complexity index is 321. The molecular weight excluding hydrogens is 207 g/mol. The van der Waals surface area contributed by atoms with Crippen molar-refractivity contribution in [2.75, 3.05) is 6.26 Å². The molecule has 1 aromatic heterocycles. The van der Waals surface area contributed by atoms with Crippen molar-refractivity contribution in [3.8, 4) is 0 Å². The van der Waals surface area contributed by atoms with Crippen molar-refractivity contribution in [1.82, 2.24) is 14.8 Å². The molecule has 0 spiro atoms.